The first kappa shape index (κ1) is 18.0. The van der Waals surface area contributed by atoms with Gasteiger partial charge in [0, 0.05) is 11.3 Å². The van der Waals surface area contributed by atoms with E-state index < -0.39 is 6.04 Å². The van der Waals surface area contributed by atoms with Crippen LogP contribution in [0, 0.1) is 13.8 Å². The number of amides is 2. The molecule has 2 aromatic carbocycles. The molecule has 7 heteroatoms. The van der Waals surface area contributed by atoms with E-state index in [0.29, 0.717) is 22.3 Å². The largest absolute Gasteiger partial charge is 0.316 e. The standard InChI is InChI=1S/C20H19N3O2S2/c1-12-8-13(2)17-16(9-12)27-20(21-17)22-18(24)15-10-26-11-23(15)19(25)14-6-4-3-5-7-14/h3-9,15H,10-11H2,1-2H3,(H,21,22,24)/t15-/m0/s1. The molecule has 0 aliphatic carbocycles. The summed E-state index contributed by atoms with van der Waals surface area (Å²) in [4.78, 5) is 31.8. The van der Waals surface area contributed by atoms with Crippen LogP contribution in [0.5, 0.6) is 0 Å². The average molecular weight is 398 g/mol. The number of carbonyl (C=O) groups is 2. The minimum atomic E-state index is -0.488. The number of hydrogen-bond donors (Lipinski definition) is 1. The molecule has 2 heterocycles. The van der Waals surface area contributed by atoms with Gasteiger partial charge in [-0.15, -0.1) is 11.8 Å². The summed E-state index contributed by atoms with van der Waals surface area (Å²) in [5.74, 6) is 0.812. The molecule has 1 aliphatic heterocycles. The molecule has 1 fully saturated rings. The zero-order valence-corrected chi connectivity index (χ0v) is 16.7. The van der Waals surface area contributed by atoms with E-state index >= 15 is 0 Å². The van der Waals surface area contributed by atoms with E-state index in [2.05, 4.69) is 22.4 Å². The Morgan fingerprint density at radius 1 is 1.19 bits per heavy atom. The van der Waals surface area contributed by atoms with Crippen LogP contribution in [0.4, 0.5) is 5.13 Å². The maximum atomic E-state index is 12.8. The third-order valence-electron chi connectivity index (χ3n) is 4.53. The number of nitrogens with zero attached hydrogens (tertiary/aromatic N) is 2. The molecule has 138 valence electrons. The summed E-state index contributed by atoms with van der Waals surface area (Å²) >= 11 is 3.05. The van der Waals surface area contributed by atoms with E-state index in [0.717, 1.165) is 15.8 Å². The van der Waals surface area contributed by atoms with Gasteiger partial charge in [0.2, 0.25) is 5.91 Å². The van der Waals surface area contributed by atoms with Crippen molar-refractivity contribution >= 4 is 50.3 Å². The minimum absolute atomic E-state index is 0.114. The second-order valence-corrected chi connectivity index (χ2v) is 8.62. The topological polar surface area (TPSA) is 62.3 Å². The fraction of sp³-hybridized carbons (Fsp3) is 0.250. The number of nitrogens with one attached hydrogen (secondary N) is 1. The molecule has 1 aliphatic rings. The molecule has 2 amide bonds. The van der Waals surface area contributed by atoms with Crippen LogP contribution in [0.15, 0.2) is 42.5 Å². The predicted molar refractivity (Wildman–Crippen MR) is 111 cm³/mol. The second kappa shape index (κ2) is 7.32. The summed E-state index contributed by atoms with van der Waals surface area (Å²) in [6.45, 7) is 4.07. The first-order valence-corrected chi connectivity index (χ1v) is 10.6. The Bertz CT molecular complexity index is 1020. The zero-order chi connectivity index (χ0) is 19.0. The normalized spacial score (nSPS) is 16.7. The van der Waals surface area contributed by atoms with Crippen molar-refractivity contribution in [3.05, 3.63) is 59.2 Å². The van der Waals surface area contributed by atoms with Crippen molar-refractivity contribution in [1.29, 1.82) is 0 Å². The Balaban J connectivity index is 1.54. The van der Waals surface area contributed by atoms with Crippen molar-refractivity contribution < 1.29 is 9.59 Å². The van der Waals surface area contributed by atoms with Crippen molar-refractivity contribution in [2.45, 2.75) is 19.9 Å². The first-order valence-electron chi connectivity index (χ1n) is 8.65. The summed E-state index contributed by atoms with van der Waals surface area (Å²) in [5.41, 5.74) is 3.79. The number of carbonyl (C=O) groups excluding carboxylic acids is 2. The van der Waals surface area contributed by atoms with E-state index in [1.165, 1.54) is 16.9 Å². The maximum Gasteiger partial charge on any atom is 0.255 e. The highest BCUT2D eigenvalue weighted by molar-refractivity contribution is 7.99. The summed E-state index contributed by atoms with van der Waals surface area (Å²) < 4.78 is 1.06. The summed E-state index contributed by atoms with van der Waals surface area (Å²) in [5, 5.41) is 3.49. The quantitative estimate of drug-likeness (QED) is 0.724. The highest BCUT2D eigenvalue weighted by atomic mass is 32.2. The Hall–Kier alpha value is -2.38. The molecule has 27 heavy (non-hydrogen) atoms. The lowest BCUT2D eigenvalue weighted by Crippen LogP contribution is -2.44. The molecule has 0 spiro atoms. The molecule has 1 N–H and O–H groups in total. The van der Waals surface area contributed by atoms with Crippen LogP contribution in [0.2, 0.25) is 0 Å². The van der Waals surface area contributed by atoms with Gasteiger partial charge in [-0.25, -0.2) is 4.98 Å². The first-order chi connectivity index (χ1) is 13.0. The summed E-state index contributed by atoms with van der Waals surface area (Å²) in [7, 11) is 0. The lowest BCUT2D eigenvalue weighted by molar-refractivity contribution is -0.119. The molecule has 0 unspecified atom stereocenters. The van der Waals surface area contributed by atoms with Gasteiger partial charge in [0.1, 0.15) is 6.04 Å². The number of thioether (sulfide) groups is 1. The summed E-state index contributed by atoms with van der Waals surface area (Å²) in [6.07, 6.45) is 0. The number of rotatable bonds is 3. The molecule has 0 saturated carbocycles. The Morgan fingerprint density at radius 2 is 1.96 bits per heavy atom. The highest BCUT2D eigenvalue weighted by Gasteiger charge is 2.35. The number of aryl methyl sites for hydroxylation is 2. The third-order valence-corrected chi connectivity index (χ3v) is 6.46. The molecule has 1 saturated heterocycles. The van der Waals surface area contributed by atoms with Crippen LogP contribution in [-0.4, -0.2) is 39.4 Å². The molecule has 3 aromatic rings. The summed E-state index contributed by atoms with van der Waals surface area (Å²) in [6, 6.07) is 12.8. The van der Waals surface area contributed by atoms with Gasteiger partial charge in [-0.2, -0.15) is 0 Å². The van der Waals surface area contributed by atoms with Gasteiger partial charge in [-0.3, -0.25) is 9.59 Å². The van der Waals surface area contributed by atoms with E-state index in [9.17, 15) is 9.59 Å². The van der Waals surface area contributed by atoms with Gasteiger partial charge in [0.15, 0.2) is 5.13 Å². The van der Waals surface area contributed by atoms with Gasteiger partial charge >= 0.3 is 0 Å². The minimum Gasteiger partial charge on any atom is -0.316 e. The van der Waals surface area contributed by atoms with Crippen LogP contribution < -0.4 is 5.32 Å². The number of benzene rings is 2. The lowest BCUT2D eigenvalue weighted by Gasteiger charge is -2.22. The van der Waals surface area contributed by atoms with Gasteiger partial charge < -0.3 is 10.2 Å². The van der Waals surface area contributed by atoms with E-state index in [1.807, 2.05) is 32.0 Å². The van der Waals surface area contributed by atoms with Gasteiger partial charge in [0.05, 0.1) is 16.1 Å². The van der Waals surface area contributed by atoms with Crippen molar-refractivity contribution in [2.75, 3.05) is 16.9 Å². The van der Waals surface area contributed by atoms with Crippen LogP contribution in [0.3, 0.4) is 0 Å². The SMILES string of the molecule is Cc1cc(C)c2nc(NC(=O)[C@@H]3CSCN3C(=O)c3ccccc3)sc2c1. The number of thiazole rings is 1. The number of anilines is 1. The third kappa shape index (κ3) is 3.57. The average Bonchev–Trinajstić information content (AvgIpc) is 3.28. The molecule has 5 nitrogen and oxygen atoms in total. The molecule has 0 radical (unpaired) electrons. The van der Waals surface area contributed by atoms with Gasteiger partial charge in [-0.05, 0) is 43.2 Å². The van der Waals surface area contributed by atoms with Crippen molar-refractivity contribution in [2.24, 2.45) is 0 Å². The van der Waals surface area contributed by atoms with E-state index in [-0.39, 0.29) is 11.8 Å². The number of aromatic nitrogens is 1. The van der Waals surface area contributed by atoms with E-state index in [4.69, 9.17) is 0 Å². The Kier molecular flexibility index (Phi) is 4.88. The second-order valence-electron chi connectivity index (χ2n) is 6.59. The maximum absolute atomic E-state index is 12.8. The number of fused-ring (bicyclic) bond motifs is 1. The van der Waals surface area contributed by atoms with Crippen LogP contribution in [0.25, 0.3) is 10.2 Å². The molecule has 1 atom stereocenters. The van der Waals surface area contributed by atoms with Crippen LogP contribution in [0.1, 0.15) is 21.5 Å². The van der Waals surface area contributed by atoms with Gasteiger partial charge in [0.25, 0.3) is 5.91 Å². The molecular weight excluding hydrogens is 378 g/mol. The van der Waals surface area contributed by atoms with E-state index in [1.54, 1.807) is 28.8 Å². The highest BCUT2D eigenvalue weighted by Crippen LogP contribution is 2.30. The molecule has 0 bridgehead atoms. The monoisotopic (exact) mass is 397 g/mol. The van der Waals surface area contributed by atoms with Crippen molar-refractivity contribution in [3.63, 3.8) is 0 Å². The molecule has 4 rings (SSSR count). The van der Waals surface area contributed by atoms with Crippen molar-refractivity contribution in [1.82, 2.24) is 9.88 Å². The zero-order valence-electron chi connectivity index (χ0n) is 15.1. The van der Waals surface area contributed by atoms with Gasteiger partial charge in [-0.1, -0.05) is 35.6 Å². The fourth-order valence-corrected chi connectivity index (χ4v) is 5.42. The van der Waals surface area contributed by atoms with Crippen LogP contribution >= 0.6 is 23.1 Å². The Morgan fingerprint density at radius 3 is 2.74 bits per heavy atom. The van der Waals surface area contributed by atoms with Crippen LogP contribution in [-0.2, 0) is 4.79 Å². The van der Waals surface area contributed by atoms with Crippen molar-refractivity contribution in [3.8, 4) is 0 Å². The molecular formula is C20H19N3O2S2. The number of hydrogen-bond acceptors (Lipinski definition) is 5. The lowest BCUT2D eigenvalue weighted by atomic mass is 10.1. The Labute approximate surface area is 165 Å². The molecule has 1 aromatic heterocycles. The fourth-order valence-electron chi connectivity index (χ4n) is 3.22. The predicted octanol–water partition coefficient (Wildman–Crippen LogP) is 4.07. The smallest absolute Gasteiger partial charge is 0.255 e.